The predicted molar refractivity (Wildman–Crippen MR) is 71.2 cm³/mol. The number of nitrogens with two attached hydrogens (primary N) is 1. The fourth-order valence-corrected chi connectivity index (χ4v) is 2.58. The molecular formula is C13H19NO2S. The van der Waals surface area contributed by atoms with Gasteiger partial charge in [-0.15, -0.1) is 11.8 Å². The molecule has 0 atom stereocenters. The molecule has 2 N–H and O–H groups in total. The lowest BCUT2D eigenvalue weighted by Gasteiger charge is -2.17. The van der Waals surface area contributed by atoms with Crippen molar-refractivity contribution in [3.63, 3.8) is 0 Å². The Kier molecular flexibility index (Phi) is 3.54. The van der Waals surface area contributed by atoms with Crippen LogP contribution in [0.25, 0.3) is 0 Å². The van der Waals surface area contributed by atoms with Crippen LogP contribution in [0.3, 0.4) is 0 Å². The molecule has 1 aromatic carbocycles. The summed E-state index contributed by atoms with van der Waals surface area (Å²) in [4.78, 5) is 1.09. The van der Waals surface area contributed by atoms with E-state index in [1.807, 2.05) is 6.26 Å². The maximum atomic E-state index is 6.16. The van der Waals surface area contributed by atoms with Crippen molar-refractivity contribution < 1.29 is 9.47 Å². The summed E-state index contributed by atoms with van der Waals surface area (Å²) >= 11 is 1.66. The Balaban J connectivity index is 2.38. The van der Waals surface area contributed by atoms with Crippen molar-refractivity contribution in [3.8, 4) is 11.5 Å². The van der Waals surface area contributed by atoms with E-state index < -0.39 is 0 Å². The number of methoxy groups -OCH3 is 2. The van der Waals surface area contributed by atoms with Gasteiger partial charge in [0.25, 0.3) is 0 Å². The van der Waals surface area contributed by atoms with Crippen LogP contribution in [0.1, 0.15) is 18.4 Å². The second-order valence-electron chi connectivity index (χ2n) is 4.53. The third kappa shape index (κ3) is 2.53. The number of thioether (sulfide) groups is 1. The van der Waals surface area contributed by atoms with Gasteiger partial charge in [0.15, 0.2) is 11.5 Å². The molecule has 1 aliphatic rings. The molecule has 1 aliphatic carbocycles. The van der Waals surface area contributed by atoms with Gasteiger partial charge in [0, 0.05) is 5.54 Å². The molecule has 94 valence electrons. The zero-order valence-corrected chi connectivity index (χ0v) is 11.4. The van der Waals surface area contributed by atoms with Crippen LogP contribution in [0.5, 0.6) is 11.5 Å². The molecule has 0 amide bonds. The van der Waals surface area contributed by atoms with Crippen molar-refractivity contribution in [2.75, 3.05) is 20.5 Å². The third-order valence-electron chi connectivity index (χ3n) is 3.22. The fraction of sp³-hybridized carbons (Fsp3) is 0.538. The summed E-state index contributed by atoms with van der Waals surface area (Å²) in [7, 11) is 3.36. The molecular weight excluding hydrogens is 234 g/mol. The Morgan fingerprint density at radius 3 is 2.35 bits per heavy atom. The highest BCUT2D eigenvalue weighted by Crippen LogP contribution is 2.43. The van der Waals surface area contributed by atoms with E-state index >= 15 is 0 Å². The molecule has 0 saturated heterocycles. The van der Waals surface area contributed by atoms with Gasteiger partial charge in [-0.05, 0) is 37.1 Å². The van der Waals surface area contributed by atoms with Crippen LogP contribution >= 0.6 is 11.8 Å². The standard InChI is InChI=1S/C13H19NO2S/c1-15-11-9(8-13(14)6-7-13)4-5-10(17-3)12(11)16-2/h4-5H,6-8,14H2,1-3H3. The van der Waals surface area contributed by atoms with Crippen LogP contribution in [-0.4, -0.2) is 26.0 Å². The molecule has 0 unspecified atom stereocenters. The van der Waals surface area contributed by atoms with E-state index in [4.69, 9.17) is 15.2 Å². The minimum absolute atomic E-state index is 0.0147. The molecule has 0 aromatic heterocycles. The molecule has 0 heterocycles. The molecule has 3 nitrogen and oxygen atoms in total. The van der Waals surface area contributed by atoms with Crippen molar-refractivity contribution in [1.29, 1.82) is 0 Å². The van der Waals surface area contributed by atoms with Crippen LogP contribution in [0.15, 0.2) is 17.0 Å². The fourth-order valence-electron chi connectivity index (χ4n) is 2.02. The van der Waals surface area contributed by atoms with Crippen LogP contribution < -0.4 is 15.2 Å². The number of hydrogen-bond acceptors (Lipinski definition) is 4. The second kappa shape index (κ2) is 4.78. The zero-order valence-electron chi connectivity index (χ0n) is 10.6. The summed E-state index contributed by atoms with van der Waals surface area (Å²) in [6.45, 7) is 0. The van der Waals surface area contributed by atoms with Gasteiger partial charge in [0.1, 0.15) is 0 Å². The normalized spacial score (nSPS) is 16.7. The Morgan fingerprint density at radius 2 is 1.88 bits per heavy atom. The second-order valence-corrected chi connectivity index (χ2v) is 5.38. The van der Waals surface area contributed by atoms with Gasteiger partial charge in [-0.25, -0.2) is 0 Å². The summed E-state index contributed by atoms with van der Waals surface area (Å²) in [6.07, 6.45) is 5.09. The number of rotatable bonds is 5. The molecule has 0 spiro atoms. The maximum Gasteiger partial charge on any atom is 0.174 e. The molecule has 1 fully saturated rings. The molecule has 17 heavy (non-hydrogen) atoms. The lowest BCUT2D eigenvalue weighted by molar-refractivity contribution is 0.343. The smallest absolute Gasteiger partial charge is 0.174 e. The predicted octanol–water partition coefficient (Wildman–Crippen LogP) is 2.46. The van der Waals surface area contributed by atoms with Crippen LogP contribution in [0.2, 0.25) is 0 Å². The molecule has 0 aliphatic heterocycles. The highest BCUT2D eigenvalue weighted by Gasteiger charge is 2.39. The minimum Gasteiger partial charge on any atom is -0.493 e. The van der Waals surface area contributed by atoms with Crippen LogP contribution in [0.4, 0.5) is 0 Å². The quantitative estimate of drug-likeness (QED) is 0.819. The molecule has 2 rings (SSSR count). The summed E-state index contributed by atoms with van der Waals surface area (Å²) < 4.78 is 10.9. The van der Waals surface area contributed by atoms with Crippen LogP contribution in [0, 0.1) is 0 Å². The van der Waals surface area contributed by atoms with Crippen molar-refractivity contribution in [2.24, 2.45) is 5.73 Å². The lowest BCUT2D eigenvalue weighted by Crippen LogP contribution is -2.24. The Hall–Kier alpha value is -0.870. The number of hydrogen-bond donors (Lipinski definition) is 1. The Morgan fingerprint density at radius 1 is 1.24 bits per heavy atom. The van der Waals surface area contributed by atoms with Gasteiger partial charge < -0.3 is 15.2 Å². The van der Waals surface area contributed by atoms with E-state index in [1.165, 1.54) is 0 Å². The van der Waals surface area contributed by atoms with Gasteiger partial charge in [0.05, 0.1) is 19.1 Å². The van der Waals surface area contributed by atoms with E-state index in [1.54, 1.807) is 26.0 Å². The highest BCUT2D eigenvalue weighted by molar-refractivity contribution is 7.98. The first-order valence-corrected chi connectivity index (χ1v) is 6.93. The average molecular weight is 253 g/mol. The molecule has 4 heteroatoms. The largest absolute Gasteiger partial charge is 0.493 e. The van der Waals surface area contributed by atoms with E-state index in [-0.39, 0.29) is 5.54 Å². The first kappa shape index (κ1) is 12.6. The van der Waals surface area contributed by atoms with Gasteiger partial charge in [-0.1, -0.05) is 6.07 Å². The number of ether oxygens (including phenoxy) is 2. The van der Waals surface area contributed by atoms with Crippen molar-refractivity contribution >= 4 is 11.8 Å². The van der Waals surface area contributed by atoms with Crippen molar-refractivity contribution in [1.82, 2.24) is 0 Å². The molecule has 1 saturated carbocycles. The zero-order chi connectivity index (χ0) is 12.5. The topological polar surface area (TPSA) is 44.5 Å². The van der Waals surface area contributed by atoms with E-state index in [9.17, 15) is 0 Å². The Bertz CT molecular complexity index is 416. The molecule has 0 radical (unpaired) electrons. The van der Waals surface area contributed by atoms with Crippen molar-refractivity contribution in [2.45, 2.75) is 29.7 Å². The summed E-state index contributed by atoms with van der Waals surface area (Å²) in [6, 6.07) is 4.17. The SMILES string of the molecule is COc1c(CC2(N)CC2)ccc(SC)c1OC. The van der Waals surface area contributed by atoms with E-state index in [2.05, 4.69) is 12.1 Å². The third-order valence-corrected chi connectivity index (χ3v) is 3.98. The first-order chi connectivity index (χ1) is 8.13. The van der Waals surface area contributed by atoms with Gasteiger partial charge >= 0.3 is 0 Å². The van der Waals surface area contributed by atoms with E-state index in [0.717, 1.165) is 41.2 Å². The molecule has 1 aromatic rings. The first-order valence-electron chi connectivity index (χ1n) is 5.70. The number of benzene rings is 1. The Labute approximate surface area is 107 Å². The van der Waals surface area contributed by atoms with Crippen LogP contribution in [-0.2, 0) is 6.42 Å². The average Bonchev–Trinajstić information content (AvgIpc) is 3.06. The maximum absolute atomic E-state index is 6.16. The molecule has 0 bridgehead atoms. The summed E-state index contributed by atoms with van der Waals surface area (Å²) in [5, 5.41) is 0. The van der Waals surface area contributed by atoms with Gasteiger partial charge in [-0.3, -0.25) is 0 Å². The lowest BCUT2D eigenvalue weighted by atomic mass is 10.0. The van der Waals surface area contributed by atoms with Crippen molar-refractivity contribution in [3.05, 3.63) is 17.7 Å². The van der Waals surface area contributed by atoms with Gasteiger partial charge in [0.2, 0.25) is 0 Å². The monoisotopic (exact) mass is 253 g/mol. The van der Waals surface area contributed by atoms with E-state index in [0.29, 0.717) is 0 Å². The van der Waals surface area contributed by atoms with Gasteiger partial charge in [-0.2, -0.15) is 0 Å². The summed E-state index contributed by atoms with van der Waals surface area (Å²) in [5.41, 5.74) is 7.29. The summed E-state index contributed by atoms with van der Waals surface area (Å²) in [5.74, 6) is 1.65. The highest BCUT2D eigenvalue weighted by atomic mass is 32.2. The minimum atomic E-state index is -0.0147.